The Morgan fingerprint density at radius 1 is 1.24 bits per heavy atom. The first-order chi connectivity index (χ1) is 8.28. The molecule has 2 aromatic rings. The predicted molar refractivity (Wildman–Crippen MR) is 69.3 cm³/mol. The van der Waals surface area contributed by atoms with Crippen LogP contribution < -0.4 is 10.1 Å². The molecule has 1 heterocycles. The lowest BCUT2D eigenvalue weighted by atomic mass is 10.2. The van der Waals surface area contributed by atoms with Crippen LogP contribution in [0.15, 0.2) is 42.6 Å². The summed E-state index contributed by atoms with van der Waals surface area (Å²) in [6, 6.07) is 12.0. The molecule has 17 heavy (non-hydrogen) atoms. The summed E-state index contributed by atoms with van der Waals surface area (Å²) < 4.78 is 5.17. The molecule has 3 heteroatoms. The van der Waals surface area contributed by atoms with Gasteiger partial charge in [0.05, 0.1) is 7.11 Å². The fourth-order valence-electron chi connectivity index (χ4n) is 1.54. The molecule has 1 aromatic carbocycles. The topological polar surface area (TPSA) is 34.1 Å². The Labute approximate surface area is 101 Å². The molecule has 0 aliphatic carbocycles. The molecule has 0 bridgehead atoms. The van der Waals surface area contributed by atoms with Gasteiger partial charge in [-0.05, 0) is 30.7 Å². The fraction of sp³-hybridized carbons (Fsp3) is 0.214. The highest BCUT2D eigenvalue weighted by Gasteiger charge is 1.96. The number of methoxy groups -OCH3 is 1. The standard InChI is InChI=1S/C14H16N2O/c1-11-6-7-12(9-15-11)10-16-13-4-3-5-14(8-13)17-2/h3-9,16H,10H2,1-2H3. The highest BCUT2D eigenvalue weighted by atomic mass is 16.5. The van der Waals surface area contributed by atoms with Gasteiger partial charge in [-0.2, -0.15) is 0 Å². The van der Waals surface area contributed by atoms with Crippen LogP contribution in [-0.4, -0.2) is 12.1 Å². The van der Waals surface area contributed by atoms with Crippen molar-refractivity contribution in [3.63, 3.8) is 0 Å². The van der Waals surface area contributed by atoms with Crippen molar-refractivity contribution in [2.45, 2.75) is 13.5 Å². The Bertz CT molecular complexity index is 480. The minimum atomic E-state index is 0.764. The predicted octanol–water partition coefficient (Wildman–Crippen LogP) is 3.01. The Balaban J connectivity index is 1.99. The third-order valence-electron chi connectivity index (χ3n) is 2.54. The van der Waals surface area contributed by atoms with Gasteiger partial charge in [0.15, 0.2) is 0 Å². The van der Waals surface area contributed by atoms with E-state index in [0.29, 0.717) is 0 Å². The summed E-state index contributed by atoms with van der Waals surface area (Å²) in [5.74, 6) is 0.858. The Hall–Kier alpha value is -2.03. The normalized spacial score (nSPS) is 10.0. The zero-order valence-electron chi connectivity index (χ0n) is 10.1. The molecule has 3 nitrogen and oxygen atoms in total. The van der Waals surface area contributed by atoms with Crippen LogP contribution in [0.4, 0.5) is 5.69 Å². The molecule has 0 radical (unpaired) electrons. The first-order valence-corrected chi connectivity index (χ1v) is 5.57. The van der Waals surface area contributed by atoms with Gasteiger partial charge >= 0.3 is 0 Å². The number of aromatic nitrogens is 1. The number of hydrogen-bond donors (Lipinski definition) is 1. The zero-order valence-corrected chi connectivity index (χ0v) is 10.1. The SMILES string of the molecule is COc1cccc(NCc2ccc(C)nc2)c1. The van der Waals surface area contributed by atoms with Crippen molar-refractivity contribution in [2.24, 2.45) is 0 Å². The highest BCUT2D eigenvalue weighted by molar-refractivity contribution is 5.48. The second-order valence-corrected chi connectivity index (χ2v) is 3.89. The second-order valence-electron chi connectivity index (χ2n) is 3.89. The van der Waals surface area contributed by atoms with Gasteiger partial charge in [-0.25, -0.2) is 0 Å². The van der Waals surface area contributed by atoms with Gasteiger partial charge in [-0.1, -0.05) is 12.1 Å². The minimum Gasteiger partial charge on any atom is -0.497 e. The molecule has 0 saturated heterocycles. The molecular weight excluding hydrogens is 212 g/mol. The van der Waals surface area contributed by atoms with E-state index in [0.717, 1.165) is 23.7 Å². The number of anilines is 1. The van der Waals surface area contributed by atoms with Crippen LogP contribution in [0.3, 0.4) is 0 Å². The van der Waals surface area contributed by atoms with Gasteiger partial charge < -0.3 is 10.1 Å². The van der Waals surface area contributed by atoms with Gasteiger partial charge in [0.25, 0.3) is 0 Å². The fourth-order valence-corrected chi connectivity index (χ4v) is 1.54. The molecule has 0 saturated carbocycles. The third-order valence-corrected chi connectivity index (χ3v) is 2.54. The number of nitrogens with zero attached hydrogens (tertiary/aromatic N) is 1. The number of aryl methyl sites for hydroxylation is 1. The summed E-state index contributed by atoms with van der Waals surface area (Å²) in [5, 5.41) is 3.34. The molecule has 0 aliphatic rings. The highest BCUT2D eigenvalue weighted by Crippen LogP contribution is 2.17. The van der Waals surface area contributed by atoms with Crippen LogP contribution >= 0.6 is 0 Å². The molecule has 0 fully saturated rings. The molecule has 0 amide bonds. The maximum absolute atomic E-state index is 5.17. The second kappa shape index (κ2) is 5.34. The lowest BCUT2D eigenvalue weighted by Gasteiger charge is -2.08. The Morgan fingerprint density at radius 3 is 2.82 bits per heavy atom. The van der Waals surface area contributed by atoms with Crippen LogP contribution in [0, 0.1) is 6.92 Å². The zero-order chi connectivity index (χ0) is 12.1. The summed E-state index contributed by atoms with van der Waals surface area (Å²) in [4.78, 5) is 4.26. The maximum Gasteiger partial charge on any atom is 0.120 e. The van der Waals surface area contributed by atoms with Crippen molar-refractivity contribution in [1.29, 1.82) is 0 Å². The van der Waals surface area contributed by atoms with Crippen LogP contribution in [0.2, 0.25) is 0 Å². The monoisotopic (exact) mass is 228 g/mol. The summed E-state index contributed by atoms with van der Waals surface area (Å²) >= 11 is 0. The van der Waals surface area contributed by atoms with Crippen molar-refractivity contribution in [3.8, 4) is 5.75 Å². The average molecular weight is 228 g/mol. The van der Waals surface area contributed by atoms with Crippen molar-refractivity contribution < 1.29 is 4.74 Å². The number of rotatable bonds is 4. The lowest BCUT2D eigenvalue weighted by molar-refractivity contribution is 0.415. The van der Waals surface area contributed by atoms with E-state index in [2.05, 4.69) is 16.4 Å². The molecule has 0 atom stereocenters. The van der Waals surface area contributed by atoms with E-state index < -0.39 is 0 Å². The van der Waals surface area contributed by atoms with Crippen molar-refractivity contribution >= 4 is 5.69 Å². The van der Waals surface area contributed by atoms with Gasteiger partial charge in [-0.15, -0.1) is 0 Å². The van der Waals surface area contributed by atoms with E-state index in [-0.39, 0.29) is 0 Å². The summed E-state index contributed by atoms with van der Waals surface area (Å²) in [6.07, 6.45) is 1.89. The van der Waals surface area contributed by atoms with E-state index in [1.807, 2.05) is 43.5 Å². The minimum absolute atomic E-state index is 0.764. The molecule has 0 spiro atoms. The number of pyridine rings is 1. The number of ether oxygens (including phenoxy) is 1. The Morgan fingerprint density at radius 2 is 2.12 bits per heavy atom. The number of benzene rings is 1. The quantitative estimate of drug-likeness (QED) is 0.873. The van der Waals surface area contributed by atoms with Crippen molar-refractivity contribution in [3.05, 3.63) is 53.9 Å². The summed E-state index contributed by atoms with van der Waals surface area (Å²) in [5.41, 5.74) is 3.25. The van der Waals surface area contributed by atoms with Gasteiger partial charge in [0, 0.05) is 30.2 Å². The first kappa shape index (κ1) is 11.5. The number of nitrogens with one attached hydrogen (secondary N) is 1. The maximum atomic E-state index is 5.17. The van der Waals surface area contributed by atoms with E-state index in [9.17, 15) is 0 Å². The van der Waals surface area contributed by atoms with E-state index in [4.69, 9.17) is 4.74 Å². The van der Waals surface area contributed by atoms with Crippen LogP contribution in [0.1, 0.15) is 11.3 Å². The van der Waals surface area contributed by atoms with E-state index in [1.165, 1.54) is 5.56 Å². The molecular formula is C14H16N2O. The lowest BCUT2D eigenvalue weighted by Crippen LogP contribution is -2.00. The van der Waals surface area contributed by atoms with E-state index >= 15 is 0 Å². The van der Waals surface area contributed by atoms with Gasteiger partial charge in [0.1, 0.15) is 5.75 Å². The molecule has 88 valence electrons. The molecule has 1 N–H and O–H groups in total. The van der Waals surface area contributed by atoms with Crippen LogP contribution in [0.25, 0.3) is 0 Å². The smallest absolute Gasteiger partial charge is 0.120 e. The van der Waals surface area contributed by atoms with Crippen LogP contribution in [0.5, 0.6) is 5.75 Å². The molecule has 0 aliphatic heterocycles. The largest absolute Gasteiger partial charge is 0.497 e. The third kappa shape index (κ3) is 3.21. The average Bonchev–Trinajstić information content (AvgIpc) is 2.38. The number of hydrogen-bond acceptors (Lipinski definition) is 3. The molecule has 2 rings (SSSR count). The molecule has 1 aromatic heterocycles. The Kier molecular flexibility index (Phi) is 3.60. The first-order valence-electron chi connectivity index (χ1n) is 5.57. The summed E-state index contributed by atoms with van der Waals surface area (Å²) in [6.45, 7) is 2.75. The summed E-state index contributed by atoms with van der Waals surface area (Å²) in [7, 11) is 1.67. The van der Waals surface area contributed by atoms with Gasteiger partial charge in [-0.3, -0.25) is 4.98 Å². The van der Waals surface area contributed by atoms with Crippen molar-refractivity contribution in [2.75, 3.05) is 12.4 Å². The molecule has 0 unspecified atom stereocenters. The van der Waals surface area contributed by atoms with Crippen LogP contribution in [-0.2, 0) is 6.54 Å². The van der Waals surface area contributed by atoms with Crippen molar-refractivity contribution in [1.82, 2.24) is 4.98 Å². The van der Waals surface area contributed by atoms with E-state index in [1.54, 1.807) is 7.11 Å². The van der Waals surface area contributed by atoms with Gasteiger partial charge in [0.2, 0.25) is 0 Å².